The standard InChI is InChI=1S/C24H25Cl2FN4O.ClH/c1-24(2,3)31-10-9-20(30-31)17-13-21(23(32)28-16-6-4-5-15(25)12-16)29-22(17)14-7-8-18(26)19(27)11-14;/h4-12,17,21-22,29H,13H2,1-3H3,(H,28,32);1H/t17?,21-,22-;/m0./s1. The predicted molar refractivity (Wildman–Crippen MR) is 133 cm³/mol. The van der Waals surface area contributed by atoms with Crippen LogP contribution in [0.1, 0.15) is 50.4 Å². The zero-order chi connectivity index (χ0) is 23.0. The summed E-state index contributed by atoms with van der Waals surface area (Å²) in [6, 6.07) is 12.9. The number of nitrogens with one attached hydrogen (secondary N) is 2. The topological polar surface area (TPSA) is 59.0 Å². The monoisotopic (exact) mass is 510 g/mol. The molecule has 3 atom stereocenters. The summed E-state index contributed by atoms with van der Waals surface area (Å²) in [7, 11) is 0. The normalized spacial score (nSPS) is 20.4. The molecule has 2 aromatic carbocycles. The summed E-state index contributed by atoms with van der Waals surface area (Å²) in [5.41, 5.74) is 2.03. The van der Waals surface area contributed by atoms with Gasteiger partial charge in [-0.25, -0.2) is 4.39 Å². The van der Waals surface area contributed by atoms with Gasteiger partial charge in [0.15, 0.2) is 0 Å². The summed E-state index contributed by atoms with van der Waals surface area (Å²) < 4.78 is 16.1. The number of hydrogen-bond donors (Lipinski definition) is 2. The van der Waals surface area contributed by atoms with Crippen molar-refractivity contribution in [3.05, 3.63) is 81.8 Å². The molecule has 1 amide bonds. The van der Waals surface area contributed by atoms with Gasteiger partial charge in [0.25, 0.3) is 0 Å². The lowest BCUT2D eigenvalue weighted by atomic mass is 9.90. The van der Waals surface area contributed by atoms with Crippen molar-refractivity contribution < 1.29 is 9.18 Å². The Hall–Kier alpha value is -2.12. The Kier molecular flexibility index (Phi) is 7.74. The van der Waals surface area contributed by atoms with Crippen LogP contribution in [0.25, 0.3) is 0 Å². The van der Waals surface area contributed by atoms with Gasteiger partial charge in [0.1, 0.15) is 5.82 Å². The molecule has 3 aromatic rings. The fraction of sp³-hybridized carbons (Fsp3) is 0.333. The van der Waals surface area contributed by atoms with Crippen LogP contribution in [0.2, 0.25) is 10.0 Å². The Morgan fingerprint density at radius 1 is 1.18 bits per heavy atom. The molecule has 4 rings (SSSR count). The Morgan fingerprint density at radius 3 is 2.58 bits per heavy atom. The Morgan fingerprint density at radius 2 is 1.94 bits per heavy atom. The van der Waals surface area contributed by atoms with Crippen molar-refractivity contribution in [3.63, 3.8) is 0 Å². The van der Waals surface area contributed by atoms with Crippen LogP contribution in [0.3, 0.4) is 0 Å². The summed E-state index contributed by atoms with van der Waals surface area (Å²) in [4.78, 5) is 13.0. The molecule has 5 nitrogen and oxygen atoms in total. The van der Waals surface area contributed by atoms with E-state index in [4.69, 9.17) is 28.3 Å². The Balaban J connectivity index is 0.00000306. The van der Waals surface area contributed by atoms with Gasteiger partial charge in [-0.15, -0.1) is 12.4 Å². The third-order valence-electron chi connectivity index (χ3n) is 5.66. The fourth-order valence-electron chi connectivity index (χ4n) is 4.00. The maximum Gasteiger partial charge on any atom is 0.241 e. The first-order valence-electron chi connectivity index (χ1n) is 10.5. The first kappa shape index (κ1) is 25.5. The predicted octanol–water partition coefficient (Wildman–Crippen LogP) is 6.33. The number of nitrogens with zero attached hydrogens (tertiary/aromatic N) is 2. The number of anilines is 1. The van der Waals surface area contributed by atoms with E-state index in [-0.39, 0.29) is 40.8 Å². The molecule has 2 N–H and O–H groups in total. The van der Waals surface area contributed by atoms with E-state index in [1.54, 1.807) is 30.3 Å². The average Bonchev–Trinajstić information content (AvgIpc) is 3.37. The maximum atomic E-state index is 14.2. The van der Waals surface area contributed by atoms with Gasteiger partial charge in [-0.1, -0.05) is 35.3 Å². The largest absolute Gasteiger partial charge is 0.325 e. The number of hydrogen-bond acceptors (Lipinski definition) is 3. The van der Waals surface area contributed by atoms with Crippen molar-refractivity contribution in [1.29, 1.82) is 0 Å². The Labute approximate surface area is 209 Å². The van der Waals surface area contributed by atoms with Crippen LogP contribution in [-0.4, -0.2) is 21.7 Å². The quantitative estimate of drug-likeness (QED) is 0.430. The van der Waals surface area contributed by atoms with Crippen molar-refractivity contribution in [3.8, 4) is 0 Å². The highest BCUT2D eigenvalue weighted by Gasteiger charge is 2.40. The first-order chi connectivity index (χ1) is 15.1. The van der Waals surface area contributed by atoms with E-state index in [2.05, 4.69) is 31.4 Å². The molecule has 0 radical (unpaired) electrons. The fourth-order valence-corrected chi connectivity index (χ4v) is 4.31. The van der Waals surface area contributed by atoms with Crippen LogP contribution in [0.5, 0.6) is 0 Å². The van der Waals surface area contributed by atoms with Crippen LogP contribution in [0.15, 0.2) is 54.7 Å². The van der Waals surface area contributed by atoms with Crippen molar-refractivity contribution in [2.75, 3.05) is 5.32 Å². The zero-order valence-electron chi connectivity index (χ0n) is 18.5. The molecule has 0 bridgehead atoms. The van der Waals surface area contributed by atoms with Gasteiger partial charge in [-0.05, 0) is 69.2 Å². The van der Waals surface area contributed by atoms with Crippen molar-refractivity contribution in [1.82, 2.24) is 15.1 Å². The van der Waals surface area contributed by atoms with Crippen molar-refractivity contribution >= 4 is 47.2 Å². The summed E-state index contributed by atoms with van der Waals surface area (Å²) in [6.07, 6.45) is 2.46. The number of carbonyl (C=O) groups is 1. The zero-order valence-corrected chi connectivity index (χ0v) is 20.8. The number of carbonyl (C=O) groups excluding carboxylic acids is 1. The van der Waals surface area contributed by atoms with Gasteiger partial charge < -0.3 is 5.32 Å². The number of aromatic nitrogens is 2. The molecule has 0 aliphatic carbocycles. The minimum Gasteiger partial charge on any atom is -0.325 e. The highest BCUT2D eigenvalue weighted by atomic mass is 35.5. The van der Waals surface area contributed by atoms with E-state index in [9.17, 15) is 9.18 Å². The minimum atomic E-state index is -0.489. The lowest BCUT2D eigenvalue weighted by Crippen LogP contribution is -2.36. The number of benzene rings is 2. The van der Waals surface area contributed by atoms with Gasteiger partial charge in [-0.2, -0.15) is 5.10 Å². The van der Waals surface area contributed by atoms with Crippen molar-refractivity contribution in [2.45, 2.75) is 50.7 Å². The highest BCUT2D eigenvalue weighted by molar-refractivity contribution is 6.31. The summed E-state index contributed by atoms with van der Waals surface area (Å²) >= 11 is 11.9. The molecule has 1 unspecified atom stereocenters. The molecule has 176 valence electrons. The molecule has 1 saturated heterocycles. The molecular formula is C24H26Cl3FN4O. The van der Waals surface area contributed by atoms with E-state index in [1.165, 1.54) is 12.1 Å². The molecule has 1 aliphatic heterocycles. The van der Waals surface area contributed by atoms with Gasteiger partial charge in [-0.3, -0.25) is 14.8 Å². The SMILES string of the molecule is CC(C)(C)n1ccc(C2C[C@@H](C(=O)Nc3cccc(Cl)c3)N[C@H]2c2ccc(Cl)c(F)c2)n1.Cl. The van der Waals surface area contributed by atoms with Gasteiger partial charge in [0.2, 0.25) is 5.91 Å². The third kappa shape index (κ3) is 5.69. The minimum absolute atomic E-state index is 0. The van der Waals surface area contributed by atoms with E-state index in [0.29, 0.717) is 17.1 Å². The third-order valence-corrected chi connectivity index (χ3v) is 6.20. The molecule has 1 fully saturated rings. The molecule has 1 aliphatic rings. The second-order valence-corrected chi connectivity index (χ2v) is 9.91. The Bertz CT molecular complexity index is 1140. The van der Waals surface area contributed by atoms with Gasteiger partial charge in [0, 0.05) is 28.9 Å². The van der Waals surface area contributed by atoms with Crippen molar-refractivity contribution in [2.24, 2.45) is 0 Å². The number of rotatable bonds is 4. The van der Waals surface area contributed by atoms with E-state index >= 15 is 0 Å². The molecule has 0 saturated carbocycles. The van der Waals surface area contributed by atoms with E-state index in [0.717, 1.165) is 11.3 Å². The number of amides is 1. The van der Waals surface area contributed by atoms with Gasteiger partial charge in [0.05, 0.1) is 22.3 Å². The second-order valence-electron chi connectivity index (χ2n) is 9.07. The molecular weight excluding hydrogens is 486 g/mol. The highest BCUT2D eigenvalue weighted by Crippen LogP contribution is 2.41. The van der Waals surface area contributed by atoms with E-state index < -0.39 is 11.9 Å². The first-order valence-corrected chi connectivity index (χ1v) is 11.2. The lowest BCUT2D eigenvalue weighted by Gasteiger charge is -2.21. The summed E-state index contributed by atoms with van der Waals surface area (Å²) in [6.45, 7) is 6.22. The van der Waals surface area contributed by atoms with Crippen LogP contribution >= 0.6 is 35.6 Å². The van der Waals surface area contributed by atoms with Gasteiger partial charge >= 0.3 is 0 Å². The summed E-state index contributed by atoms with van der Waals surface area (Å²) in [5.74, 6) is -0.782. The molecule has 1 aromatic heterocycles. The lowest BCUT2D eigenvalue weighted by molar-refractivity contribution is -0.117. The van der Waals surface area contributed by atoms with Crippen LogP contribution in [0, 0.1) is 5.82 Å². The van der Waals surface area contributed by atoms with Crippen LogP contribution in [0.4, 0.5) is 10.1 Å². The maximum absolute atomic E-state index is 14.2. The summed E-state index contributed by atoms with van der Waals surface area (Å²) in [5, 5.41) is 11.7. The smallest absolute Gasteiger partial charge is 0.241 e. The molecule has 33 heavy (non-hydrogen) atoms. The molecule has 0 spiro atoms. The van der Waals surface area contributed by atoms with Crippen LogP contribution in [-0.2, 0) is 10.3 Å². The van der Waals surface area contributed by atoms with Crippen LogP contribution < -0.4 is 10.6 Å². The molecule has 9 heteroatoms. The molecule has 2 heterocycles. The average molecular weight is 512 g/mol. The second kappa shape index (κ2) is 10.0. The van der Waals surface area contributed by atoms with E-state index in [1.807, 2.05) is 16.9 Å². The number of halogens is 4.